The predicted octanol–water partition coefficient (Wildman–Crippen LogP) is 2.77. The fraction of sp³-hybridized carbons (Fsp3) is 0.227. The number of fused-ring (bicyclic) bond motifs is 1. The van der Waals surface area contributed by atoms with Crippen LogP contribution in [0.5, 0.6) is 0 Å². The van der Waals surface area contributed by atoms with Crippen molar-refractivity contribution in [2.24, 2.45) is 0 Å². The molecule has 148 valence electrons. The van der Waals surface area contributed by atoms with Gasteiger partial charge in [-0.2, -0.15) is 0 Å². The van der Waals surface area contributed by atoms with Gasteiger partial charge >= 0.3 is 0 Å². The van der Waals surface area contributed by atoms with E-state index in [9.17, 15) is 14.9 Å². The lowest BCUT2D eigenvalue weighted by Crippen LogP contribution is -3.12. The van der Waals surface area contributed by atoms with Crippen LogP contribution in [0.25, 0.3) is 0 Å². The molecule has 6 nitrogen and oxygen atoms in total. The summed E-state index contributed by atoms with van der Waals surface area (Å²) >= 11 is 1.68. The number of thiophene rings is 1. The number of amides is 1. The van der Waals surface area contributed by atoms with Crippen molar-refractivity contribution in [3.8, 4) is 0 Å². The fourth-order valence-corrected chi connectivity index (χ4v) is 4.84. The van der Waals surface area contributed by atoms with Crippen LogP contribution in [-0.2, 0) is 13.0 Å². The Hall–Kier alpha value is -3.03. The first-order chi connectivity index (χ1) is 14.1. The summed E-state index contributed by atoms with van der Waals surface area (Å²) in [5, 5.41) is 16.2. The minimum atomic E-state index is -0.515. The van der Waals surface area contributed by atoms with Crippen LogP contribution >= 0.6 is 11.3 Å². The number of hydrogen-bond acceptors (Lipinski definition) is 4. The molecule has 1 aliphatic heterocycles. The molecular weight excluding hydrogens is 386 g/mol. The lowest BCUT2D eigenvalue weighted by molar-refractivity contribution is -0.945. The maximum atomic E-state index is 12.7. The van der Waals surface area contributed by atoms with Crippen LogP contribution in [0.4, 0.5) is 5.69 Å². The molecule has 2 atom stereocenters. The molecule has 29 heavy (non-hydrogen) atoms. The van der Waals surface area contributed by atoms with E-state index in [1.165, 1.54) is 33.0 Å². The number of nitrogens with one attached hydrogen (secondary N) is 2. The summed E-state index contributed by atoms with van der Waals surface area (Å²) in [6.07, 6.45) is 1.01. The molecule has 0 bridgehead atoms. The SMILES string of the molecule is O=C(NC[C@H](c1cccs1)[NH+]1CCc2ccccc2C1)c1ccccc1[N+](=O)[O-]. The first-order valence-electron chi connectivity index (χ1n) is 9.60. The summed E-state index contributed by atoms with van der Waals surface area (Å²) in [6, 6.07) is 18.8. The number of nitro groups is 1. The number of hydrogen-bond donors (Lipinski definition) is 2. The number of rotatable bonds is 6. The molecular formula is C22H22N3O3S+. The Morgan fingerprint density at radius 1 is 1.10 bits per heavy atom. The summed E-state index contributed by atoms with van der Waals surface area (Å²) in [4.78, 5) is 26.0. The summed E-state index contributed by atoms with van der Waals surface area (Å²) < 4.78 is 0. The Morgan fingerprint density at radius 3 is 2.62 bits per heavy atom. The lowest BCUT2D eigenvalue weighted by atomic mass is 9.98. The van der Waals surface area contributed by atoms with E-state index < -0.39 is 10.8 Å². The smallest absolute Gasteiger partial charge is 0.282 e. The summed E-state index contributed by atoms with van der Waals surface area (Å²) in [7, 11) is 0. The molecule has 7 heteroatoms. The Bertz CT molecular complexity index is 1020. The van der Waals surface area contributed by atoms with Crippen molar-refractivity contribution in [1.82, 2.24) is 5.32 Å². The third-order valence-electron chi connectivity index (χ3n) is 5.44. The predicted molar refractivity (Wildman–Crippen MR) is 112 cm³/mol. The molecule has 0 saturated heterocycles. The molecule has 3 aromatic rings. The third-order valence-corrected chi connectivity index (χ3v) is 6.43. The van der Waals surface area contributed by atoms with Crippen LogP contribution < -0.4 is 10.2 Å². The van der Waals surface area contributed by atoms with Gasteiger partial charge in [0.15, 0.2) is 0 Å². The van der Waals surface area contributed by atoms with Crippen molar-refractivity contribution in [1.29, 1.82) is 0 Å². The number of carbonyl (C=O) groups excluding carboxylic acids is 1. The number of nitrogens with zero attached hydrogens (tertiary/aromatic N) is 1. The number of para-hydroxylation sites is 1. The summed E-state index contributed by atoms with van der Waals surface area (Å²) in [5.74, 6) is -0.407. The molecule has 4 rings (SSSR count). The maximum absolute atomic E-state index is 12.7. The average Bonchev–Trinajstić information content (AvgIpc) is 3.28. The zero-order valence-electron chi connectivity index (χ0n) is 15.8. The van der Waals surface area contributed by atoms with Gasteiger partial charge in [-0.25, -0.2) is 0 Å². The second-order valence-corrected chi connectivity index (χ2v) is 8.14. The Labute approximate surface area is 172 Å². The molecule has 0 radical (unpaired) electrons. The van der Waals surface area contributed by atoms with Gasteiger partial charge in [-0.05, 0) is 23.1 Å². The van der Waals surface area contributed by atoms with Crippen LogP contribution in [0.15, 0.2) is 66.0 Å². The minimum absolute atomic E-state index is 0.0985. The van der Waals surface area contributed by atoms with Gasteiger partial charge in [0.25, 0.3) is 11.6 Å². The highest BCUT2D eigenvalue weighted by atomic mass is 32.1. The standard InChI is InChI=1S/C22H21N3O3S/c26-22(18-8-3-4-9-19(18)25(27)28)23-14-20(21-10-5-13-29-21)24-12-11-16-6-1-2-7-17(16)15-24/h1-10,13,20H,11-12,14-15H2,(H,23,26)/p+1/t20-/m1/s1. The van der Waals surface area contributed by atoms with Crippen molar-refractivity contribution in [2.45, 2.75) is 19.0 Å². The normalized spacial score (nSPS) is 16.6. The Balaban J connectivity index is 1.52. The zero-order valence-corrected chi connectivity index (χ0v) is 16.7. The molecule has 2 N–H and O–H groups in total. The number of carbonyl (C=O) groups is 1. The van der Waals surface area contributed by atoms with Gasteiger partial charge in [0.1, 0.15) is 18.2 Å². The molecule has 1 aliphatic rings. The number of quaternary nitrogens is 1. The quantitative estimate of drug-likeness (QED) is 0.486. The molecule has 0 spiro atoms. The maximum Gasteiger partial charge on any atom is 0.282 e. The summed E-state index contributed by atoms with van der Waals surface area (Å²) in [6.45, 7) is 2.32. The van der Waals surface area contributed by atoms with Crippen LogP contribution in [-0.4, -0.2) is 23.9 Å². The van der Waals surface area contributed by atoms with E-state index >= 15 is 0 Å². The molecule has 0 aliphatic carbocycles. The van der Waals surface area contributed by atoms with Gasteiger partial charge < -0.3 is 10.2 Å². The molecule has 2 heterocycles. The van der Waals surface area contributed by atoms with Crippen LogP contribution in [0, 0.1) is 10.1 Å². The van der Waals surface area contributed by atoms with Crippen molar-refractivity contribution in [3.63, 3.8) is 0 Å². The molecule has 0 fully saturated rings. The van der Waals surface area contributed by atoms with Crippen LogP contribution in [0.1, 0.15) is 32.4 Å². The van der Waals surface area contributed by atoms with Gasteiger partial charge in [-0.1, -0.05) is 42.5 Å². The minimum Gasteiger partial charge on any atom is -0.345 e. The first kappa shape index (κ1) is 19.3. The van der Waals surface area contributed by atoms with Gasteiger partial charge in [0.2, 0.25) is 0 Å². The highest BCUT2D eigenvalue weighted by Crippen LogP contribution is 2.20. The lowest BCUT2D eigenvalue weighted by Gasteiger charge is -2.32. The fourth-order valence-electron chi connectivity index (χ4n) is 3.95. The van der Waals surface area contributed by atoms with Gasteiger partial charge in [0, 0.05) is 18.1 Å². The van der Waals surface area contributed by atoms with E-state index in [1.807, 2.05) is 11.4 Å². The van der Waals surface area contributed by atoms with E-state index in [0.717, 1.165) is 19.5 Å². The molecule has 1 unspecified atom stereocenters. The van der Waals surface area contributed by atoms with E-state index in [2.05, 4.69) is 35.6 Å². The highest BCUT2D eigenvalue weighted by molar-refractivity contribution is 7.10. The third kappa shape index (κ3) is 4.21. The molecule has 1 amide bonds. The van der Waals surface area contributed by atoms with Gasteiger partial charge in [0.05, 0.1) is 22.9 Å². The largest absolute Gasteiger partial charge is 0.345 e. The highest BCUT2D eigenvalue weighted by Gasteiger charge is 2.30. The monoisotopic (exact) mass is 408 g/mol. The van der Waals surface area contributed by atoms with Crippen LogP contribution in [0.3, 0.4) is 0 Å². The average molecular weight is 409 g/mol. The Morgan fingerprint density at radius 2 is 1.86 bits per heavy atom. The first-order valence-corrected chi connectivity index (χ1v) is 10.5. The van der Waals surface area contributed by atoms with Crippen molar-refractivity contribution >= 4 is 22.9 Å². The van der Waals surface area contributed by atoms with E-state index in [4.69, 9.17) is 0 Å². The molecule has 2 aromatic carbocycles. The Kier molecular flexibility index (Phi) is 5.69. The number of benzene rings is 2. The topological polar surface area (TPSA) is 76.7 Å². The molecule has 1 aromatic heterocycles. The van der Waals surface area contributed by atoms with E-state index in [1.54, 1.807) is 23.5 Å². The van der Waals surface area contributed by atoms with Crippen molar-refractivity contribution in [2.75, 3.05) is 13.1 Å². The van der Waals surface area contributed by atoms with Crippen molar-refractivity contribution in [3.05, 3.63) is 97.7 Å². The second kappa shape index (κ2) is 8.55. The number of nitro benzene ring substituents is 1. The van der Waals surface area contributed by atoms with Crippen LogP contribution in [0.2, 0.25) is 0 Å². The molecule has 0 saturated carbocycles. The van der Waals surface area contributed by atoms with E-state index in [-0.39, 0.29) is 17.3 Å². The van der Waals surface area contributed by atoms with Crippen molar-refractivity contribution < 1.29 is 14.6 Å². The van der Waals surface area contributed by atoms with Gasteiger partial charge in [-0.3, -0.25) is 14.9 Å². The second-order valence-electron chi connectivity index (χ2n) is 7.16. The zero-order chi connectivity index (χ0) is 20.2. The van der Waals surface area contributed by atoms with E-state index in [0.29, 0.717) is 6.54 Å². The van der Waals surface area contributed by atoms with Gasteiger partial charge in [-0.15, -0.1) is 11.3 Å². The summed E-state index contributed by atoms with van der Waals surface area (Å²) in [5.41, 5.74) is 2.67.